The lowest BCUT2D eigenvalue weighted by Crippen LogP contribution is -2.45. The summed E-state index contributed by atoms with van der Waals surface area (Å²) in [7, 11) is 11.4. The molecule has 1 aliphatic rings. The van der Waals surface area contributed by atoms with E-state index in [4.69, 9.17) is 20.9 Å². The summed E-state index contributed by atoms with van der Waals surface area (Å²) in [6.07, 6.45) is 0. The molecule has 1 aromatic rings. The summed E-state index contributed by atoms with van der Waals surface area (Å²) in [5.41, 5.74) is 1.39. The third-order valence-corrected chi connectivity index (χ3v) is 2.94. The maximum absolute atomic E-state index is 10.8. The zero-order chi connectivity index (χ0) is 12.4. The molecule has 6 heteroatoms. The van der Waals surface area contributed by atoms with E-state index in [1.54, 1.807) is 23.0 Å². The van der Waals surface area contributed by atoms with Crippen molar-refractivity contribution in [3.8, 4) is 0 Å². The molecule has 1 fully saturated rings. The SMILES string of the molecule is [B]c1cc(N2CCN([B])CC2)ccc1C(=O)O. The van der Waals surface area contributed by atoms with Gasteiger partial charge >= 0.3 is 5.97 Å². The Labute approximate surface area is 103 Å². The van der Waals surface area contributed by atoms with Gasteiger partial charge in [0.1, 0.15) is 7.85 Å². The summed E-state index contributed by atoms with van der Waals surface area (Å²) < 4.78 is 0. The van der Waals surface area contributed by atoms with Crippen molar-refractivity contribution < 1.29 is 9.90 Å². The fourth-order valence-corrected chi connectivity index (χ4v) is 1.92. The van der Waals surface area contributed by atoms with Crippen LogP contribution in [-0.4, -0.2) is 57.9 Å². The quantitative estimate of drug-likeness (QED) is 0.682. The highest BCUT2D eigenvalue weighted by Crippen LogP contribution is 2.15. The highest BCUT2D eigenvalue weighted by molar-refractivity contribution is 6.36. The minimum atomic E-state index is -0.999. The van der Waals surface area contributed by atoms with E-state index >= 15 is 0 Å². The van der Waals surface area contributed by atoms with Gasteiger partial charge in [-0.05, 0) is 18.2 Å². The van der Waals surface area contributed by atoms with Gasteiger partial charge in [0.2, 0.25) is 0 Å². The van der Waals surface area contributed by atoms with E-state index in [9.17, 15) is 4.79 Å². The van der Waals surface area contributed by atoms with E-state index in [2.05, 4.69) is 4.90 Å². The van der Waals surface area contributed by atoms with Gasteiger partial charge in [0, 0.05) is 31.9 Å². The van der Waals surface area contributed by atoms with Crippen LogP contribution in [0.5, 0.6) is 0 Å². The Bertz CT molecular complexity index is 431. The van der Waals surface area contributed by atoms with Crippen LogP contribution in [-0.2, 0) is 0 Å². The number of rotatable bonds is 2. The topological polar surface area (TPSA) is 43.8 Å². The number of carbonyl (C=O) groups is 1. The van der Waals surface area contributed by atoms with Crippen LogP contribution in [0.25, 0.3) is 0 Å². The van der Waals surface area contributed by atoms with Crippen molar-refractivity contribution in [3.05, 3.63) is 23.8 Å². The maximum atomic E-state index is 10.8. The van der Waals surface area contributed by atoms with Crippen LogP contribution >= 0.6 is 0 Å². The summed E-state index contributed by atoms with van der Waals surface area (Å²) >= 11 is 0. The molecule has 0 saturated carbocycles. The Kier molecular flexibility index (Phi) is 3.43. The number of carboxylic acid groups (broad SMARTS) is 1. The Morgan fingerprint density at radius 3 is 2.41 bits per heavy atom. The number of hydrogen-bond donors (Lipinski definition) is 1. The van der Waals surface area contributed by atoms with Gasteiger partial charge in [-0.15, -0.1) is 0 Å². The van der Waals surface area contributed by atoms with Gasteiger partial charge in [-0.1, -0.05) is 5.46 Å². The molecule has 0 spiro atoms. The molecule has 84 valence electrons. The van der Waals surface area contributed by atoms with E-state index in [0.29, 0.717) is 5.46 Å². The van der Waals surface area contributed by atoms with Gasteiger partial charge in [0.15, 0.2) is 7.98 Å². The van der Waals surface area contributed by atoms with Gasteiger partial charge in [-0.25, -0.2) is 4.79 Å². The van der Waals surface area contributed by atoms with Crippen molar-refractivity contribution in [1.82, 2.24) is 4.81 Å². The fourth-order valence-electron chi connectivity index (χ4n) is 1.92. The minimum Gasteiger partial charge on any atom is -0.478 e. The van der Waals surface area contributed by atoms with Crippen molar-refractivity contribution in [1.29, 1.82) is 0 Å². The lowest BCUT2D eigenvalue weighted by atomic mass is 9.90. The molecule has 0 bridgehead atoms. The van der Waals surface area contributed by atoms with Crippen LogP contribution < -0.4 is 10.4 Å². The second-order valence-corrected chi connectivity index (χ2v) is 4.10. The van der Waals surface area contributed by atoms with Crippen LogP contribution in [0.15, 0.2) is 18.2 Å². The predicted octanol–water partition coefficient (Wildman–Crippen LogP) is -0.616. The molecule has 0 aliphatic carbocycles. The lowest BCUT2D eigenvalue weighted by Gasteiger charge is -2.34. The first-order chi connectivity index (χ1) is 8.08. The van der Waals surface area contributed by atoms with Crippen molar-refractivity contribution in [2.45, 2.75) is 0 Å². The molecule has 1 saturated heterocycles. The average molecular weight is 226 g/mol. The van der Waals surface area contributed by atoms with Crippen molar-refractivity contribution in [2.75, 3.05) is 31.1 Å². The number of anilines is 1. The Morgan fingerprint density at radius 2 is 1.88 bits per heavy atom. The standard InChI is InChI=1S/C11H12B2N2O2/c12-10-7-8(1-2-9(10)11(16)17)14-3-5-15(13)6-4-14/h1-2,7H,3-6H2,(H,16,17). The van der Waals surface area contributed by atoms with E-state index in [-0.39, 0.29) is 5.56 Å². The monoisotopic (exact) mass is 226 g/mol. The van der Waals surface area contributed by atoms with Gasteiger partial charge in [-0.3, -0.25) is 0 Å². The number of carboxylic acids is 1. The maximum Gasteiger partial charge on any atom is 0.335 e. The smallest absolute Gasteiger partial charge is 0.335 e. The minimum absolute atomic E-state index is 0.145. The third kappa shape index (κ3) is 2.64. The number of nitrogens with zero attached hydrogens (tertiary/aromatic N) is 2. The van der Waals surface area contributed by atoms with Gasteiger partial charge in [0.05, 0.1) is 5.56 Å². The molecular weight excluding hydrogens is 214 g/mol. The fraction of sp³-hybridized carbons (Fsp3) is 0.364. The normalized spacial score (nSPS) is 17.1. The summed E-state index contributed by atoms with van der Waals surface area (Å²) in [6, 6.07) is 5.03. The first kappa shape index (κ1) is 12.0. The van der Waals surface area contributed by atoms with Crippen LogP contribution in [0, 0.1) is 0 Å². The van der Waals surface area contributed by atoms with E-state index in [1.807, 2.05) is 0 Å². The molecule has 0 unspecified atom stereocenters. The number of aromatic carboxylic acids is 1. The van der Waals surface area contributed by atoms with Gasteiger partial charge in [-0.2, -0.15) is 0 Å². The molecule has 1 N–H and O–H groups in total. The first-order valence-corrected chi connectivity index (χ1v) is 5.45. The molecule has 4 nitrogen and oxygen atoms in total. The zero-order valence-electron chi connectivity index (χ0n) is 9.47. The lowest BCUT2D eigenvalue weighted by molar-refractivity contribution is 0.0698. The van der Waals surface area contributed by atoms with Crippen molar-refractivity contribution >= 4 is 32.9 Å². The molecule has 0 amide bonds. The molecule has 1 heterocycles. The molecule has 0 aromatic heterocycles. The number of piperazine rings is 1. The molecule has 17 heavy (non-hydrogen) atoms. The molecule has 0 atom stereocenters. The number of hydrogen-bond acceptors (Lipinski definition) is 3. The summed E-state index contributed by atoms with van der Waals surface area (Å²) in [5, 5.41) is 8.88. The summed E-state index contributed by atoms with van der Waals surface area (Å²) in [6.45, 7) is 3.23. The Morgan fingerprint density at radius 1 is 1.24 bits per heavy atom. The van der Waals surface area contributed by atoms with Gasteiger partial charge < -0.3 is 14.8 Å². The van der Waals surface area contributed by atoms with E-state index in [1.165, 1.54) is 0 Å². The number of benzene rings is 1. The first-order valence-electron chi connectivity index (χ1n) is 5.45. The summed E-state index contributed by atoms with van der Waals surface area (Å²) in [5.74, 6) is -0.999. The summed E-state index contributed by atoms with van der Waals surface area (Å²) in [4.78, 5) is 14.7. The Hall–Kier alpha value is -1.42. The average Bonchev–Trinajstić information content (AvgIpc) is 2.29. The second kappa shape index (κ2) is 4.84. The van der Waals surface area contributed by atoms with Crippen LogP contribution in [0.4, 0.5) is 5.69 Å². The highest BCUT2D eigenvalue weighted by atomic mass is 16.4. The molecule has 1 aromatic carbocycles. The van der Waals surface area contributed by atoms with Crippen LogP contribution in [0.3, 0.4) is 0 Å². The predicted molar refractivity (Wildman–Crippen MR) is 68.3 cm³/mol. The molecule has 1 aliphatic heterocycles. The van der Waals surface area contributed by atoms with Crippen molar-refractivity contribution in [2.24, 2.45) is 0 Å². The van der Waals surface area contributed by atoms with Crippen LogP contribution in [0.2, 0.25) is 0 Å². The van der Waals surface area contributed by atoms with Crippen LogP contribution in [0.1, 0.15) is 10.4 Å². The largest absolute Gasteiger partial charge is 0.478 e. The molecule has 2 rings (SSSR count). The molecule has 4 radical (unpaired) electrons. The van der Waals surface area contributed by atoms with Gasteiger partial charge in [0.25, 0.3) is 0 Å². The second-order valence-electron chi connectivity index (χ2n) is 4.10. The Balaban J connectivity index is 2.17. The third-order valence-electron chi connectivity index (χ3n) is 2.94. The van der Waals surface area contributed by atoms with Crippen molar-refractivity contribution in [3.63, 3.8) is 0 Å². The van der Waals surface area contributed by atoms with E-state index < -0.39 is 5.97 Å². The zero-order valence-corrected chi connectivity index (χ0v) is 9.47. The van der Waals surface area contributed by atoms with E-state index in [0.717, 1.165) is 31.9 Å². The highest BCUT2D eigenvalue weighted by Gasteiger charge is 2.15. The molecular formula is C11H12B2N2O2.